The van der Waals surface area contributed by atoms with E-state index in [2.05, 4.69) is 10.4 Å². The third kappa shape index (κ3) is 3.21. The molecule has 1 amide bonds. The minimum absolute atomic E-state index is 0.202. The van der Waals surface area contributed by atoms with E-state index in [0.29, 0.717) is 22.7 Å². The summed E-state index contributed by atoms with van der Waals surface area (Å²) in [4.78, 5) is 12.3. The number of hydrogen-bond acceptors (Lipinski definition) is 4. The maximum absolute atomic E-state index is 12.3. The highest BCUT2D eigenvalue weighted by atomic mass is 16.5. The van der Waals surface area contributed by atoms with Gasteiger partial charge in [0.25, 0.3) is 5.91 Å². The van der Waals surface area contributed by atoms with Crippen LogP contribution in [0, 0.1) is 5.92 Å². The molecule has 0 atom stereocenters. The Morgan fingerprint density at radius 1 is 1.32 bits per heavy atom. The lowest BCUT2D eigenvalue weighted by molar-refractivity contribution is 0.102. The second-order valence-corrected chi connectivity index (χ2v) is 5.42. The van der Waals surface area contributed by atoms with Gasteiger partial charge in [0, 0.05) is 18.3 Å². The molecule has 2 aromatic rings. The van der Waals surface area contributed by atoms with Crippen LogP contribution in [-0.4, -0.2) is 29.9 Å². The Morgan fingerprint density at radius 3 is 2.77 bits per heavy atom. The Hall–Kier alpha value is -2.50. The summed E-state index contributed by atoms with van der Waals surface area (Å²) < 4.78 is 12.3. The van der Waals surface area contributed by atoms with E-state index in [1.807, 2.05) is 10.9 Å². The molecule has 1 aliphatic rings. The van der Waals surface area contributed by atoms with E-state index in [0.717, 1.165) is 12.5 Å². The molecule has 1 aromatic carbocycles. The van der Waals surface area contributed by atoms with Crippen LogP contribution in [0.15, 0.2) is 30.6 Å². The van der Waals surface area contributed by atoms with E-state index in [1.54, 1.807) is 38.6 Å². The van der Waals surface area contributed by atoms with E-state index in [-0.39, 0.29) is 5.91 Å². The number of methoxy groups -OCH3 is 2. The van der Waals surface area contributed by atoms with Gasteiger partial charge in [-0.05, 0) is 37.0 Å². The third-order valence-corrected chi connectivity index (χ3v) is 3.68. The first-order valence-electron chi connectivity index (χ1n) is 7.25. The molecule has 0 unspecified atom stereocenters. The van der Waals surface area contributed by atoms with Gasteiger partial charge in [0.2, 0.25) is 0 Å². The van der Waals surface area contributed by atoms with E-state index < -0.39 is 0 Å². The number of rotatable bonds is 6. The molecule has 1 aliphatic carbocycles. The van der Waals surface area contributed by atoms with Crippen LogP contribution in [0.5, 0.6) is 11.5 Å². The molecule has 3 rings (SSSR count). The summed E-state index contributed by atoms with van der Waals surface area (Å²) in [6.45, 7) is 0.923. The largest absolute Gasteiger partial charge is 0.493 e. The highest BCUT2D eigenvalue weighted by Crippen LogP contribution is 2.30. The molecule has 22 heavy (non-hydrogen) atoms. The van der Waals surface area contributed by atoms with Gasteiger partial charge < -0.3 is 14.8 Å². The van der Waals surface area contributed by atoms with Crippen LogP contribution in [0.4, 0.5) is 5.69 Å². The van der Waals surface area contributed by atoms with Crippen LogP contribution in [0.25, 0.3) is 0 Å². The van der Waals surface area contributed by atoms with Crippen molar-refractivity contribution in [2.24, 2.45) is 5.92 Å². The Balaban J connectivity index is 1.69. The first-order chi connectivity index (χ1) is 10.7. The minimum Gasteiger partial charge on any atom is -0.493 e. The number of anilines is 1. The minimum atomic E-state index is -0.202. The highest BCUT2D eigenvalue weighted by Gasteiger charge is 2.22. The summed E-state index contributed by atoms with van der Waals surface area (Å²) in [5, 5.41) is 7.10. The molecular weight excluding hydrogens is 282 g/mol. The zero-order chi connectivity index (χ0) is 15.5. The fourth-order valence-corrected chi connectivity index (χ4v) is 2.27. The first kappa shape index (κ1) is 14.4. The molecule has 6 heteroatoms. The van der Waals surface area contributed by atoms with Crippen molar-refractivity contribution >= 4 is 11.6 Å². The van der Waals surface area contributed by atoms with E-state index in [9.17, 15) is 4.79 Å². The first-order valence-corrected chi connectivity index (χ1v) is 7.25. The Kier molecular flexibility index (Phi) is 4.00. The van der Waals surface area contributed by atoms with Crippen molar-refractivity contribution in [1.29, 1.82) is 0 Å². The molecule has 6 nitrogen and oxygen atoms in total. The van der Waals surface area contributed by atoms with Crippen LogP contribution in [0.2, 0.25) is 0 Å². The summed E-state index contributed by atoms with van der Waals surface area (Å²) in [5.41, 5.74) is 1.20. The second-order valence-electron chi connectivity index (χ2n) is 5.42. The third-order valence-electron chi connectivity index (χ3n) is 3.68. The van der Waals surface area contributed by atoms with Crippen molar-refractivity contribution in [3.8, 4) is 11.5 Å². The molecule has 1 aromatic heterocycles. The quantitative estimate of drug-likeness (QED) is 0.890. The van der Waals surface area contributed by atoms with Gasteiger partial charge in [-0.15, -0.1) is 0 Å². The summed E-state index contributed by atoms with van der Waals surface area (Å²) in [5.74, 6) is 1.66. The monoisotopic (exact) mass is 301 g/mol. The highest BCUT2D eigenvalue weighted by molar-refractivity contribution is 6.04. The van der Waals surface area contributed by atoms with Gasteiger partial charge in [0.05, 0.1) is 26.1 Å². The Morgan fingerprint density at radius 2 is 2.09 bits per heavy atom. The normalized spacial score (nSPS) is 13.7. The SMILES string of the molecule is COc1ccc(C(=O)Nc2cnn(CC3CC3)c2)cc1OC. The van der Waals surface area contributed by atoms with Crippen LogP contribution in [-0.2, 0) is 6.54 Å². The van der Waals surface area contributed by atoms with Gasteiger partial charge in [-0.1, -0.05) is 0 Å². The average Bonchev–Trinajstić information content (AvgIpc) is 3.25. The smallest absolute Gasteiger partial charge is 0.255 e. The number of benzene rings is 1. The second kappa shape index (κ2) is 6.09. The number of carbonyl (C=O) groups excluding carboxylic acids is 1. The summed E-state index contributed by atoms with van der Waals surface area (Å²) >= 11 is 0. The van der Waals surface area contributed by atoms with E-state index in [1.165, 1.54) is 12.8 Å². The molecule has 1 saturated carbocycles. The van der Waals surface area contributed by atoms with Gasteiger partial charge in [-0.3, -0.25) is 9.48 Å². The van der Waals surface area contributed by atoms with Gasteiger partial charge in [-0.2, -0.15) is 5.10 Å². The number of nitrogens with one attached hydrogen (secondary N) is 1. The van der Waals surface area contributed by atoms with E-state index >= 15 is 0 Å². The van der Waals surface area contributed by atoms with Crippen molar-refractivity contribution in [2.75, 3.05) is 19.5 Å². The van der Waals surface area contributed by atoms with Crippen LogP contribution in [0.1, 0.15) is 23.2 Å². The Labute approximate surface area is 129 Å². The maximum atomic E-state index is 12.3. The zero-order valence-electron chi connectivity index (χ0n) is 12.7. The Bertz CT molecular complexity index is 677. The van der Waals surface area contributed by atoms with Crippen LogP contribution in [0.3, 0.4) is 0 Å². The van der Waals surface area contributed by atoms with Crippen LogP contribution < -0.4 is 14.8 Å². The van der Waals surface area contributed by atoms with E-state index in [4.69, 9.17) is 9.47 Å². The number of hydrogen-bond donors (Lipinski definition) is 1. The topological polar surface area (TPSA) is 65.4 Å². The van der Waals surface area contributed by atoms with Crippen molar-refractivity contribution in [3.05, 3.63) is 36.2 Å². The van der Waals surface area contributed by atoms with Crippen LogP contribution >= 0.6 is 0 Å². The van der Waals surface area contributed by atoms with Crippen molar-refractivity contribution in [1.82, 2.24) is 9.78 Å². The molecule has 0 radical (unpaired) electrons. The maximum Gasteiger partial charge on any atom is 0.255 e. The number of nitrogens with zero attached hydrogens (tertiary/aromatic N) is 2. The molecule has 0 saturated heterocycles. The summed E-state index contributed by atoms with van der Waals surface area (Å²) in [7, 11) is 3.10. The summed E-state index contributed by atoms with van der Waals surface area (Å²) in [6.07, 6.45) is 6.07. The molecule has 1 heterocycles. The van der Waals surface area contributed by atoms with Gasteiger partial charge >= 0.3 is 0 Å². The molecule has 1 fully saturated rings. The molecule has 116 valence electrons. The predicted molar refractivity (Wildman–Crippen MR) is 82.5 cm³/mol. The van der Waals surface area contributed by atoms with Crippen molar-refractivity contribution in [2.45, 2.75) is 19.4 Å². The molecule has 1 N–H and O–H groups in total. The van der Waals surface area contributed by atoms with Gasteiger partial charge in [0.15, 0.2) is 11.5 Å². The lowest BCUT2D eigenvalue weighted by atomic mass is 10.2. The van der Waals surface area contributed by atoms with Crippen molar-refractivity contribution in [3.63, 3.8) is 0 Å². The molecular formula is C16H19N3O3. The lowest BCUT2D eigenvalue weighted by Crippen LogP contribution is -2.11. The summed E-state index contributed by atoms with van der Waals surface area (Å²) in [6, 6.07) is 5.07. The number of carbonyl (C=O) groups is 1. The fourth-order valence-electron chi connectivity index (χ4n) is 2.27. The van der Waals surface area contributed by atoms with Crippen molar-refractivity contribution < 1.29 is 14.3 Å². The number of aromatic nitrogens is 2. The predicted octanol–water partition coefficient (Wildman–Crippen LogP) is 2.56. The fraction of sp³-hybridized carbons (Fsp3) is 0.375. The van der Waals surface area contributed by atoms with Gasteiger partial charge in [-0.25, -0.2) is 0 Å². The zero-order valence-corrected chi connectivity index (χ0v) is 12.7. The molecule has 0 bridgehead atoms. The average molecular weight is 301 g/mol. The molecule has 0 aliphatic heterocycles. The standard InChI is InChI=1S/C16H19N3O3/c1-21-14-6-5-12(7-15(14)22-2)16(20)18-13-8-17-19(10-13)9-11-3-4-11/h5-8,10-11H,3-4,9H2,1-2H3,(H,18,20). The lowest BCUT2D eigenvalue weighted by Gasteiger charge is -2.09. The number of amides is 1. The molecule has 0 spiro atoms. The van der Waals surface area contributed by atoms with Gasteiger partial charge in [0.1, 0.15) is 0 Å². The number of ether oxygens (including phenoxy) is 2.